The summed E-state index contributed by atoms with van der Waals surface area (Å²) in [5, 5.41) is 5.99. The molecule has 2 aliphatic rings. The number of nitrogens with one attached hydrogen (secondary N) is 2. The molecule has 0 bridgehead atoms. The van der Waals surface area contributed by atoms with Crippen molar-refractivity contribution in [2.24, 2.45) is 11.8 Å². The highest BCUT2D eigenvalue weighted by Crippen LogP contribution is 2.30. The molecule has 1 saturated heterocycles. The predicted octanol–water partition coefficient (Wildman–Crippen LogP) is 2.73. The van der Waals surface area contributed by atoms with Crippen molar-refractivity contribution in [1.82, 2.24) is 15.5 Å². The molecule has 1 saturated carbocycles. The van der Waals surface area contributed by atoms with Gasteiger partial charge in [0.1, 0.15) is 0 Å². The summed E-state index contributed by atoms with van der Waals surface area (Å²) >= 11 is 0. The molecule has 0 spiro atoms. The van der Waals surface area contributed by atoms with Gasteiger partial charge < -0.3 is 20.3 Å². The Kier molecular flexibility index (Phi) is 6.99. The number of amides is 3. The molecule has 23 heavy (non-hydrogen) atoms. The Morgan fingerprint density at radius 1 is 1.13 bits per heavy atom. The first-order chi connectivity index (χ1) is 11.1. The van der Waals surface area contributed by atoms with Crippen LogP contribution in [0.5, 0.6) is 0 Å². The molecule has 3 amide bonds. The van der Waals surface area contributed by atoms with Crippen LogP contribution < -0.4 is 10.6 Å². The number of carbonyl (C=O) groups excluding carboxylic acids is 2. The minimum absolute atomic E-state index is 0.0127. The third-order valence-corrected chi connectivity index (χ3v) is 5.28. The van der Waals surface area contributed by atoms with Crippen LogP contribution >= 0.6 is 0 Å². The van der Waals surface area contributed by atoms with E-state index >= 15 is 0 Å². The van der Waals surface area contributed by atoms with Crippen LogP contribution in [-0.4, -0.2) is 49.8 Å². The van der Waals surface area contributed by atoms with Gasteiger partial charge in [0.15, 0.2) is 0 Å². The zero-order chi connectivity index (χ0) is 16.7. The summed E-state index contributed by atoms with van der Waals surface area (Å²) in [7, 11) is 1.39. The number of piperidine rings is 1. The van der Waals surface area contributed by atoms with Crippen molar-refractivity contribution in [2.75, 3.05) is 26.7 Å². The Balaban J connectivity index is 1.65. The van der Waals surface area contributed by atoms with Crippen molar-refractivity contribution in [2.45, 2.75) is 57.9 Å². The Hall–Kier alpha value is -1.46. The fourth-order valence-electron chi connectivity index (χ4n) is 3.71. The zero-order valence-electron chi connectivity index (χ0n) is 14.5. The van der Waals surface area contributed by atoms with Gasteiger partial charge in [0.2, 0.25) is 0 Å². The fourth-order valence-corrected chi connectivity index (χ4v) is 3.71. The first kappa shape index (κ1) is 17.9. The number of rotatable bonds is 4. The molecule has 1 unspecified atom stereocenters. The average Bonchev–Trinajstić information content (AvgIpc) is 2.60. The van der Waals surface area contributed by atoms with Gasteiger partial charge in [-0.15, -0.1) is 0 Å². The summed E-state index contributed by atoms with van der Waals surface area (Å²) in [6, 6.07) is -0.0991. The van der Waals surface area contributed by atoms with Crippen molar-refractivity contribution in [1.29, 1.82) is 0 Å². The van der Waals surface area contributed by atoms with Gasteiger partial charge in [-0.1, -0.05) is 26.2 Å². The van der Waals surface area contributed by atoms with E-state index in [2.05, 4.69) is 17.6 Å². The Morgan fingerprint density at radius 2 is 1.83 bits per heavy atom. The highest BCUT2D eigenvalue weighted by molar-refractivity contribution is 5.74. The van der Waals surface area contributed by atoms with Crippen LogP contribution in [-0.2, 0) is 4.74 Å². The molecule has 6 heteroatoms. The van der Waals surface area contributed by atoms with Crippen LogP contribution in [0.4, 0.5) is 9.59 Å². The maximum atomic E-state index is 12.1. The van der Waals surface area contributed by atoms with Crippen molar-refractivity contribution < 1.29 is 14.3 Å². The summed E-state index contributed by atoms with van der Waals surface area (Å²) < 4.78 is 4.75. The van der Waals surface area contributed by atoms with Gasteiger partial charge in [-0.3, -0.25) is 0 Å². The summed E-state index contributed by atoms with van der Waals surface area (Å²) in [4.78, 5) is 25.3. The molecule has 1 heterocycles. The summed E-state index contributed by atoms with van der Waals surface area (Å²) in [6.07, 6.45) is 7.78. The molecule has 2 fully saturated rings. The molecule has 0 aromatic carbocycles. The molecular weight excluding hydrogens is 294 g/mol. The molecule has 1 atom stereocenters. The smallest absolute Gasteiger partial charge is 0.409 e. The standard InChI is InChI=1S/C17H31N3O3/c1-3-13-6-8-14(9-7-13)11-18-16(21)19-15-5-4-10-20(12-15)17(22)23-2/h13-15H,3-12H2,1-2H3,(H2,18,19,21). The number of urea groups is 1. The van der Waals surface area contributed by atoms with Crippen LogP contribution in [0.3, 0.4) is 0 Å². The number of likely N-dealkylation sites (tertiary alicyclic amines) is 1. The van der Waals surface area contributed by atoms with E-state index in [1.54, 1.807) is 4.90 Å². The van der Waals surface area contributed by atoms with Crippen LogP contribution in [0.1, 0.15) is 51.9 Å². The number of carbonyl (C=O) groups is 2. The van der Waals surface area contributed by atoms with Gasteiger partial charge in [0.25, 0.3) is 0 Å². The van der Waals surface area contributed by atoms with Crippen LogP contribution in [0, 0.1) is 11.8 Å². The Morgan fingerprint density at radius 3 is 2.48 bits per heavy atom. The molecule has 6 nitrogen and oxygen atoms in total. The normalized spacial score (nSPS) is 28.1. The lowest BCUT2D eigenvalue weighted by atomic mass is 9.81. The second-order valence-corrected chi connectivity index (χ2v) is 6.90. The van der Waals surface area contributed by atoms with Gasteiger partial charge in [0.05, 0.1) is 7.11 Å². The Bertz CT molecular complexity index is 395. The van der Waals surface area contributed by atoms with E-state index in [0.29, 0.717) is 19.0 Å². The Labute approximate surface area is 139 Å². The SMILES string of the molecule is CCC1CCC(CNC(=O)NC2CCCN(C(=O)OC)C2)CC1. The number of methoxy groups -OCH3 is 1. The molecule has 0 radical (unpaired) electrons. The van der Waals surface area contributed by atoms with Gasteiger partial charge in [0, 0.05) is 25.7 Å². The van der Waals surface area contributed by atoms with E-state index in [4.69, 9.17) is 4.74 Å². The number of hydrogen-bond donors (Lipinski definition) is 2. The second-order valence-electron chi connectivity index (χ2n) is 6.90. The lowest BCUT2D eigenvalue weighted by molar-refractivity contribution is 0.108. The molecular formula is C17H31N3O3. The van der Waals surface area contributed by atoms with Gasteiger partial charge in [-0.25, -0.2) is 9.59 Å². The molecule has 0 aromatic heterocycles. The third kappa shape index (κ3) is 5.59. The fraction of sp³-hybridized carbons (Fsp3) is 0.882. The lowest BCUT2D eigenvalue weighted by Crippen LogP contribution is -2.52. The zero-order valence-corrected chi connectivity index (χ0v) is 14.5. The topological polar surface area (TPSA) is 70.7 Å². The number of hydrogen-bond acceptors (Lipinski definition) is 3. The van der Waals surface area contributed by atoms with E-state index in [1.165, 1.54) is 39.2 Å². The molecule has 2 rings (SSSR count). The van der Waals surface area contributed by atoms with Crippen LogP contribution in [0.15, 0.2) is 0 Å². The predicted molar refractivity (Wildman–Crippen MR) is 89.3 cm³/mol. The summed E-state index contributed by atoms with van der Waals surface area (Å²) in [5.41, 5.74) is 0. The number of ether oxygens (including phenoxy) is 1. The van der Waals surface area contributed by atoms with E-state index in [-0.39, 0.29) is 18.2 Å². The monoisotopic (exact) mass is 325 g/mol. The van der Waals surface area contributed by atoms with Crippen molar-refractivity contribution >= 4 is 12.1 Å². The van der Waals surface area contributed by atoms with Crippen molar-refractivity contribution in [3.05, 3.63) is 0 Å². The quantitative estimate of drug-likeness (QED) is 0.835. The summed E-state index contributed by atoms with van der Waals surface area (Å²) in [5.74, 6) is 1.49. The highest BCUT2D eigenvalue weighted by Gasteiger charge is 2.25. The first-order valence-electron chi connectivity index (χ1n) is 8.99. The lowest BCUT2D eigenvalue weighted by Gasteiger charge is -2.32. The molecule has 1 aliphatic heterocycles. The summed E-state index contributed by atoms with van der Waals surface area (Å²) in [6.45, 7) is 4.25. The third-order valence-electron chi connectivity index (χ3n) is 5.28. The van der Waals surface area contributed by atoms with Gasteiger partial charge >= 0.3 is 12.1 Å². The average molecular weight is 325 g/mol. The molecule has 1 aliphatic carbocycles. The van der Waals surface area contributed by atoms with E-state index in [0.717, 1.165) is 25.3 Å². The molecule has 2 N–H and O–H groups in total. The minimum atomic E-state index is -0.315. The molecule has 132 valence electrons. The minimum Gasteiger partial charge on any atom is -0.453 e. The highest BCUT2D eigenvalue weighted by atomic mass is 16.5. The van der Waals surface area contributed by atoms with Gasteiger partial charge in [-0.2, -0.15) is 0 Å². The number of nitrogens with zero attached hydrogens (tertiary/aromatic N) is 1. The van der Waals surface area contributed by atoms with Crippen LogP contribution in [0.2, 0.25) is 0 Å². The maximum absolute atomic E-state index is 12.1. The molecule has 0 aromatic rings. The van der Waals surface area contributed by atoms with Crippen molar-refractivity contribution in [3.8, 4) is 0 Å². The van der Waals surface area contributed by atoms with E-state index in [9.17, 15) is 9.59 Å². The second kappa shape index (κ2) is 8.99. The van der Waals surface area contributed by atoms with Crippen LogP contribution in [0.25, 0.3) is 0 Å². The van der Waals surface area contributed by atoms with Crippen molar-refractivity contribution in [3.63, 3.8) is 0 Å². The maximum Gasteiger partial charge on any atom is 0.409 e. The van der Waals surface area contributed by atoms with E-state index in [1.807, 2.05) is 0 Å². The van der Waals surface area contributed by atoms with E-state index < -0.39 is 0 Å². The van der Waals surface area contributed by atoms with Gasteiger partial charge in [-0.05, 0) is 37.5 Å². The first-order valence-corrected chi connectivity index (χ1v) is 8.99. The largest absolute Gasteiger partial charge is 0.453 e.